The highest BCUT2D eigenvalue weighted by Crippen LogP contribution is 2.33. The van der Waals surface area contributed by atoms with E-state index in [1.165, 1.54) is 0 Å². The fraction of sp³-hybridized carbons (Fsp3) is 0.857. The first-order valence-electron chi connectivity index (χ1n) is 3.64. The summed E-state index contributed by atoms with van der Waals surface area (Å²) in [6, 6.07) is 0. The summed E-state index contributed by atoms with van der Waals surface area (Å²) < 4.78 is 12.2. The minimum Gasteiger partial charge on any atom is -0.479 e. The zero-order valence-electron chi connectivity index (χ0n) is 6.03. The number of rotatable bonds is 3. The van der Waals surface area contributed by atoms with Gasteiger partial charge in [-0.2, -0.15) is 0 Å². The summed E-state index contributed by atoms with van der Waals surface area (Å²) in [7, 11) is 0. The molecule has 2 N–H and O–H groups in total. The van der Waals surface area contributed by atoms with Crippen molar-refractivity contribution in [3.8, 4) is 0 Å². The molecule has 0 amide bonds. The van der Waals surface area contributed by atoms with Crippen LogP contribution in [0.4, 0.5) is 4.39 Å². The summed E-state index contributed by atoms with van der Waals surface area (Å²) in [5.74, 6) is -1.15. The molecule has 0 spiro atoms. The predicted octanol–water partition coefficient (Wildman–Crippen LogP) is 0.570. The average Bonchev–Trinajstić information content (AvgIpc) is 1.84. The molecule has 0 aromatic carbocycles. The Morgan fingerprint density at radius 2 is 2.18 bits per heavy atom. The van der Waals surface area contributed by atoms with Gasteiger partial charge in [-0.15, -0.1) is 0 Å². The second-order valence-electron chi connectivity index (χ2n) is 3.02. The molecule has 1 aliphatic rings. The number of aliphatic carboxylic acids is 1. The van der Waals surface area contributed by atoms with Gasteiger partial charge in [-0.25, -0.2) is 9.18 Å². The number of hydrogen-bond acceptors (Lipinski definition) is 2. The molecule has 0 bridgehead atoms. The van der Waals surface area contributed by atoms with Crippen LogP contribution in [0.15, 0.2) is 0 Å². The molecular weight excluding hydrogens is 151 g/mol. The molecule has 11 heavy (non-hydrogen) atoms. The Balaban J connectivity index is 2.16. The van der Waals surface area contributed by atoms with Crippen LogP contribution >= 0.6 is 0 Å². The molecule has 1 unspecified atom stereocenters. The third-order valence-electron chi connectivity index (χ3n) is 2.02. The van der Waals surface area contributed by atoms with Gasteiger partial charge < -0.3 is 10.2 Å². The molecule has 0 saturated heterocycles. The predicted molar refractivity (Wildman–Crippen MR) is 35.9 cm³/mol. The molecule has 1 rings (SSSR count). The van der Waals surface area contributed by atoms with Gasteiger partial charge in [0.1, 0.15) is 6.17 Å². The Kier molecular flexibility index (Phi) is 2.44. The lowest BCUT2D eigenvalue weighted by atomic mass is 9.80. The molecular formula is C7H11FO3. The number of hydrogen-bond donors (Lipinski definition) is 2. The molecule has 3 nitrogen and oxygen atoms in total. The van der Waals surface area contributed by atoms with Crippen molar-refractivity contribution in [3.05, 3.63) is 0 Å². The lowest BCUT2D eigenvalue weighted by Gasteiger charge is -2.30. The largest absolute Gasteiger partial charge is 0.479 e. The summed E-state index contributed by atoms with van der Waals surface area (Å²) in [4.78, 5) is 10.1. The third kappa shape index (κ3) is 2.15. The summed E-state index contributed by atoms with van der Waals surface area (Å²) in [5, 5.41) is 17.1. The fourth-order valence-electron chi connectivity index (χ4n) is 1.26. The summed E-state index contributed by atoms with van der Waals surface area (Å²) in [6.45, 7) is 0. The number of aliphatic hydroxyl groups is 1. The number of carboxylic acids is 1. The number of carbonyl (C=O) groups is 1. The Bertz CT molecular complexity index is 154. The van der Waals surface area contributed by atoms with Crippen molar-refractivity contribution < 1.29 is 19.4 Å². The first kappa shape index (κ1) is 8.46. The van der Waals surface area contributed by atoms with Gasteiger partial charge in [0, 0.05) is 0 Å². The summed E-state index contributed by atoms with van der Waals surface area (Å²) >= 11 is 0. The second kappa shape index (κ2) is 3.17. The van der Waals surface area contributed by atoms with E-state index in [-0.39, 0.29) is 12.3 Å². The van der Waals surface area contributed by atoms with Gasteiger partial charge in [0.2, 0.25) is 0 Å². The van der Waals surface area contributed by atoms with E-state index in [2.05, 4.69) is 0 Å². The van der Waals surface area contributed by atoms with Gasteiger partial charge in [0.05, 0.1) is 0 Å². The van der Waals surface area contributed by atoms with Gasteiger partial charge in [0.15, 0.2) is 6.10 Å². The Morgan fingerprint density at radius 1 is 1.64 bits per heavy atom. The minimum absolute atomic E-state index is 0.0658. The van der Waals surface area contributed by atoms with Crippen LogP contribution in [0.2, 0.25) is 0 Å². The highest BCUT2D eigenvalue weighted by Gasteiger charge is 2.32. The standard InChI is InChI=1S/C7H11FO3/c8-5-1-4(2-5)3-6(9)7(10)11/h4-6,9H,1-3H2,(H,10,11). The molecule has 0 radical (unpaired) electrons. The molecule has 1 fully saturated rings. The van der Waals surface area contributed by atoms with Gasteiger partial charge >= 0.3 is 5.97 Å². The van der Waals surface area contributed by atoms with E-state index < -0.39 is 18.2 Å². The van der Waals surface area contributed by atoms with Crippen molar-refractivity contribution in [2.24, 2.45) is 5.92 Å². The van der Waals surface area contributed by atoms with Crippen LogP contribution in [-0.2, 0) is 4.79 Å². The van der Waals surface area contributed by atoms with Crippen molar-refractivity contribution in [2.45, 2.75) is 31.5 Å². The molecule has 0 heterocycles. The first-order valence-corrected chi connectivity index (χ1v) is 3.64. The van der Waals surface area contributed by atoms with Crippen LogP contribution in [-0.4, -0.2) is 28.5 Å². The van der Waals surface area contributed by atoms with Crippen molar-refractivity contribution in [1.29, 1.82) is 0 Å². The maximum Gasteiger partial charge on any atom is 0.332 e. The zero-order valence-corrected chi connectivity index (χ0v) is 6.03. The molecule has 4 heteroatoms. The van der Waals surface area contributed by atoms with E-state index in [4.69, 9.17) is 10.2 Å². The van der Waals surface area contributed by atoms with E-state index in [0.717, 1.165) is 0 Å². The van der Waals surface area contributed by atoms with Crippen molar-refractivity contribution >= 4 is 5.97 Å². The maximum atomic E-state index is 12.2. The van der Waals surface area contributed by atoms with E-state index >= 15 is 0 Å². The molecule has 64 valence electrons. The smallest absolute Gasteiger partial charge is 0.332 e. The lowest BCUT2D eigenvalue weighted by Crippen LogP contribution is -2.31. The Labute approximate surface area is 63.8 Å². The highest BCUT2D eigenvalue weighted by molar-refractivity contribution is 5.71. The Morgan fingerprint density at radius 3 is 2.55 bits per heavy atom. The topological polar surface area (TPSA) is 57.5 Å². The van der Waals surface area contributed by atoms with Crippen molar-refractivity contribution in [3.63, 3.8) is 0 Å². The number of halogens is 1. The molecule has 0 aromatic heterocycles. The molecule has 0 aromatic rings. The quantitative estimate of drug-likeness (QED) is 0.637. The van der Waals surface area contributed by atoms with E-state index in [0.29, 0.717) is 12.8 Å². The normalized spacial score (nSPS) is 32.5. The molecule has 1 saturated carbocycles. The number of alkyl halides is 1. The third-order valence-corrected chi connectivity index (χ3v) is 2.02. The minimum atomic E-state index is -1.31. The Hall–Kier alpha value is -0.640. The van der Waals surface area contributed by atoms with Crippen LogP contribution in [0.3, 0.4) is 0 Å². The van der Waals surface area contributed by atoms with E-state index in [1.807, 2.05) is 0 Å². The zero-order chi connectivity index (χ0) is 8.43. The summed E-state index contributed by atoms with van der Waals surface area (Å²) in [5.41, 5.74) is 0. The van der Waals surface area contributed by atoms with Gasteiger partial charge in [-0.1, -0.05) is 0 Å². The number of aliphatic hydroxyl groups excluding tert-OH is 1. The first-order chi connectivity index (χ1) is 5.09. The fourth-order valence-corrected chi connectivity index (χ4v) is 1.26. The lowest BCUT2D eigenvalue weighted by molar-refractivity contribution is -0.148. The van der Waals surface area contributed by atoms with Crippen LogP contribution in [0.25, 0.3) is 0 Å². The van der Waals surface area contributed by atoms with Crippen LogP contribution < -0.4 is 0 Å². The van der Waals surface area contributed by atoms with Crippen molar-refractivity contribution in [2.75, 3.05) is 0 Å². The SMILES string of the molecule is O=C(O)C(O)CC1CC(F)C1. The van der Waals surface area contributed by atoms with Gasteiger partial charge in [-0.05, 0) is 25.2 Å². The van der Waals surface area contributed by atoms with Crippen LogP contribution in [0.1, 0.15) is 19.3 Å². The van der Waals surface area contributed by atoms with E-state index in [1.54, 1.807) is 0 Å². The highest BCUT2D eigenvalue weighted by atomic mass is 19.1. The van der Waals surface area contributed by atoms with Crippen LogP contribution in [0, 0.1) is 5.92 Å². The molecule has 0 aliphatic heterocycles. The van der Waals surface area contributed by atoms with Gasteiger partial charge in [0.25, 0.3) is 0 Å². The van der Waals surface area contributed by atoms with Crippen molar-refractivity contribution in [1.82, 2.24) is 0 Å². The van der Waals surface area contributed by atoms with Crippen LogP contribution in [0.5, 0.6) is 0 Å². The van der Waals surface area contributed by atoms with E-state index in [9.17, 15) is 9.18 Å². The van der Waals surface area contributed by atoms with Gasteiger partial charge in [-0.3, -0.25) is 0 Å². The second-order valence-corrected chi connectivity index (χ2v) is 3.02. The molecule has 1 aliphatic carbocycles. The molecule has 1 atom stereocenters. The summed E-state index contributed by atoms with van der Waals surface area (Å²) in [6.07, 6.45) is -1.08. The number of carboxylic acid groups (broad SMARTS) is 1. The average molecular weight is 162 g/mol. The maximum absolute atomic E-state index is 12.2. The monoisotopic (exact) mass is 162 g/mol.